The zero-order valence-electron chi connectivity index (χ0n) is 15.7. The number of aryl methyl sites for hydroxylation is 1. The van der Waals surface area contributed by atoms with Crippen LogP contribution >= 0.6 is 0 Å². The molecule has 0 aliphatic heterocycles. The Labute approximate surface area is 156 Å². The number of hydrogen-bond acceptors (Lipinski definition) is 3. The molecular weight excluding hydrogens is 326 g/mol. The molecule has 0 bridgehead atoms. The third-order valence-electron chi connectivity index (χ3n) is 5.87. The van der Waals surface area contributed by atoms with Crippen molar-refractivity contribution in [2.24, 2.45) is 11.7 Å². The number of nitrogens with two attached hydrogens (primary N) is 1. The average Bonchev–Trinajstić information content (AvgIpc) is 3.02. The van der Waals surface area contributed by atoms with Gasteiger partial charge in [0.15, 0.2) is 0 Å². The monoisotopic (exact) mass is 357 g/mol. The Morgan fingerprint density at radius 1 is 1.08 bits per heavy atom. The van der Waals surface area contributed by atoms with E-state index in [0.717, 1.165) is 43.4 Å². The Morgan fingerprint density at radius 2 is 1.85 bits per heavy atom. The highest BCUT2D eigenvalue weighted by molar-refractivity contribution is 5.96. The molecule has 1 aromatic carbocycles. The van der Waals surface area contributed by atoms with E-state index >= 15 is 0 Å². The Bertz CT molecular complexity index is 653. The topological polar surface area (TPSA) is 84.2 Å². The van der Waals surface area contributed by atoms with Gasteiger partial charge in [0, 0.05) is 29.8 Å². The van der Waals surface area contributed by atoms with Gasteiger partial charge in [-0.25, -0.2) is 0 Å². The van der Waals surface area contributed by atoms with Crippen molar-refractivity contribution in [3.63, 3.8) is 0 Å². The maximum Gasteiger partial charge on any atom is 0.251 e. The Hall–Kier alpha value is -1.88. The number of carbonyl (C=O) groups excluding carboxylic acids is 2. The maximum absolute atomic E-state index is 12.5. The molecule has 4 N–H and O–H groups in total. The molecule has 1 aromatic rings. The first-order valence-corrected chi connectivity index (χ1v) is 10.00. The zero-order chi connectivity index (χ0) is 18.5. The van der Waals surface area contributed by atoms with Crippen LogP contribution in [0, 0.1) is 12.8 Å². The molecule has 2 amide bonds. The first-order valence-electron chi connectivity index (χ1n) is 10.00. The largest absolute Gasteiger partial charge is 0.349 e. The molecule has 5 heteroatoms. The fraction of sp³-hybridized carbons (Fsp3) is 0.619. The van der Waals surface area contributed by atoms with Gasteiger partial charge in [0.1, 0.15) is 0 Å². The number of hydrogen-bond donors (Lipinski definition) is 3. The van der Waals surface area contributed by atoms with Crippen molar-refractivity contribution in [2.75, 3.05) is 5.32 Å². The lowest BCUT2D eigenvalue weighted by atomic mass is 9.95. The van der Waals surface area contributed by atoms with Crippen LogP contribution < -0.4 is 16.4 Å². The van der Waals surface area contributed by atoms with Crippen LogP contribution in [0.15, 0.2) is 18.2 Å². The van der Waals surface area contributed by atoms with Gasteiger partial charge in [-0.2, -0.15) is 0 Å². The molecule has 5 nitrogen and oxygen atoms in total. The van der Waals surface area contributed by atoms with Crippen molar-refractivity contribution in [3.05, 3.63) is 29.3 Å². The van der Waals surface area contributed by atoms with Crippen LogP contribution in [0.25, 0.3) is 0 Å². The summed E-state index contributed by atoms with van der Waals surface area (Å²) < 4.78 is 0. The second-order valence-corrected chi connectivity index (χ2v) is 7.95. The molecule has 2 saturated carbocycles. The molecule has 2 aliphatic carbocycles. The lowest BCUT2D eigenvalue weighted by Crippen LogP contribution is -2.36. The number of anilines is 1. The van der Waals surface area contributed by atoms with Crippen LogP contribution in [0.1, 0.15) is 73.7 Å². The molecule has 0 saturated heterocycles. The van der Waals surface area contributed by atoms with Crippen LogP contribution in [0.4, 0.5) is 5.69 Å². The van der Waals surface area contributed by atoms with E-state index in [4.69, 9.17) is 5.73 Å². The molecule has 2 fully saturated rings. The van der Waals surface area contributed by atoms with E-state index in [-0.39, 0.29) is 23.8 Å². The minimum atomic E-state index is -0.0187. The molecular formula is C21H31N3O2. The van der Waals surface area contributed by atoms with Gasteiger partial charge in [-0.15, -0.1) is 0 Å². The zero-order valence-corrected chi connectivity index (χ0v) is 15.7. The predicted molar refractivity (Wildman–Crippen MR) is 104 cm³/mol. The average molecular weight is 357 g/mol. The Balaban J connectivity index is 1.56. The van der Waals surface area contributed by atoms with Crippen LogP contribution in [0.5, 0.6) is 0 Å². The normalized spacial score (nSPS) is 23.6. The summed E-state index contributed by atoms with van der Waals surface area (Å²) in [5.74, 6) is 0.278. The second-order valence-electron chi connectivity index (χ2n) is 7.95. The third kappa shape index (κ3) is 4.85. The Morgan fingerprint density at radius 3 is 2.50 bits per heavy atom. The first-order chi connectivity index (χ1) is 12.5. The highest BCUT2D eigenvalue weighted by Crippen LogP contribution is 2.27. The van der Waals surface area contributed by atoms with Crippen LogP contribution in [-0.2, 0) is 4.79 Å². The van der Waals surface area contributed by atoms with Crippen molar-refractivity contribution >= 4 is 17.5 Å². The minimum Gasteiger partial charge on any atom is -0.349 e. The number of benzene rings is 1. The summed E-state index contributed by atoms with van der Waals surface area (Å²) in [5, 5.41) is 6.11. The summed E-state index contributed by atoms with van der Waals surface area (Å²) >= 11 is 0. The van der Waals surface area contributed by atoms with Crippen molar-refractivity contribution in [1.82, 2.24) is 5.32 Å². The van der Waals surface area contributed by atoms with E-state index in [0.29, 0.717) is 18.0 Å². The molecule has 0 spiro atoms. The molecule has 0 heterocycles. The number of nitrogens with one attached hydrogen (secondary N) is 2. The van der Waals surface area contributed by atoms with E-state index in [1.807, 2.05) is 19.1 Å². The summed E-state index contributed by atoms with van der Waals surface area (Å²) in [5.41, 5.74) is 8.39. The van der Waals surface area contributed by atoms with Crippen molar-refractivity contribution in [1.29, 1.82) is 0 Å². The predicted octanol–water partition coefficient (Wildman–Crippen LogP) is 3.51. The van der Waals surface area contributed by atoms with Crippen LogP contribution in [0.3, 0.4) is 0 Å². The van der Waals surface area contributed by atoms with Gasteiger partial charge in [-0.05, 0) is 62.3 Å². The summed E-state index contributed by atoms with van der Waals surface area (Å²) in [6, 6.07) is 5.92. The first kappa shape index (κ1) is 18.9. The molecule has 2 atom stereocenters. The number of rotatable bonds is 5. The lowest BCUT2D eigenvalue weighted by molar-refractivity contribution is -0.117. The highest BCUT2D eigenvalue weighted by Gasteiger charge is 2.26. The number of amides is 2. The van der Waals surface area contributed by atoms with Gasteiger partial charge in [0.2, 0.25) is 5.91 Å². The van der Waals surface area contributed by atoms with E-state index in [9.17, 15) is 9.59 Å². The molecule has 2 aliphatic rings. The quantitative estimate of drug-likeness (QED) is 0.754. The second kappa shape index (κ2) is 8.67. The van der Waals surface area contributed by atoms with Crippen LogP contribution in [0.2, 0.25) is 0 Å². The molecule has 0 radical (unpaired) electrons. The Kier molecular flexibility index (Phi) is 6.30. The minimum absolute atomic E-state index is 0.00913. The molecule has 0 unspecified atom stereocenters. The standard InChI is InChI=1S/C21H31N3O2/c1-14-12-16(21(26)23-17-7-3-2-4-8-17)10-11-19(14)24-20(25)13-15-6-5-9-18(15)22/h10-12,15,17-18H,2-9,13,22H2,1H3,(H,23,26)(H,24,25)/t15-,18+/m0/s1. The van der Waals surface area contributed by atoms with Crippen molar-refractivity contribution in [3.8, 4) is 0 Å². The summed E-state index contributed by atoms with van der Waals surface area (Å²) in [4.78, 5) is 24.8. The summed E-state index contributed by atoms with van der Waals surface area (Å²) in [7, 11) is 0. The van der Waals surface area contributed by atoms with Gasteiger partial charge >= 0.3 is 0 Å². The smallest absolute Gasteiger partial charge is 0.251 e. The maximum atomic E-state index is 12.5. The van der Waals surface area contributed by atoms with Gasteiger partial charge in [0.05, 0.1) is 0 Å². The van der Waals surface area contributed by atoms with Gasteiger partial charge in [-0.3, -0.25) is 9.59 Å². The van der Waals surface area contributed by atoms with E-state index < -0.39 is 0 Å². The van der Waals surface area contributed by atoms with Crippen molar-refractivity contribution < 1.29 is 9.59 Å². The molecule has 142 valence electrons. The summed E-state index contributed by atoms with van der Waals surface area (Å²) in [6.07, 6.45) is 9.44. The van der Waals surface area contributed by atoms with Crippen LogP contribution in [-0.4, -0.2) is 23.9 Å². The molecule has 3 rings (SSSR count). The van der Waals surface area contributed by atoms with E-state index in [1.54, 1.807) is 6.07 Å². The van der Waals surface area contributed by atoms with Gasteiger partial charge < -0.3 is 16.4 Å². The SMILES string of the molecule is Cc1cc(C(=O)NC2CCCCC2)ccc1NC(=O)C[C@@H]1CCC[C@H]1N. The third-order valence-corrected chi connectivity index (χ3v) is 5.87. The number of carbonyl (C=O) groups is 2. The van der Waals surface area contributed by atoms with Crippen molar-refractivity contribution in [2.45, 2.75) is 76.8 Å². The molecule has 26 heavy (non-hydrogen) atoms. The van der Waals surface area contributed by atoms with Gasteiger partial charge in [0.25, 0.3) is 5.91 Å². The van der Waals surface area contributed by atoms with E-state index in [2.05, 4.69) is 10.6 Å². The summed E-state index contributed by atoms with van der Waals surface area (Å²) in [6.45, 7) is 1.92. The fourth-order valence-electron chi connectivity index (χ4n) is 4.22. The molecule has 0 aromatic heterocycles. The highest BCUT2D eigenvalue weighted by atomic mass is 16.2. The van der Waals surface area contributed by atoms with E-state index in [1.165, 1.54) is 19.3 Å². The fourth-order valence-corrected chi connectivity index (χ4v) is 4.22. The van der Waals surface area contributed by atoms with Gasteiger partial charge in [-0.1, -0.05) is 25.7 Å². The lowest BCUT2D eigenvalue weighted by Gasteiger charge is -2.23.